The fourth-order valence-electron chi connectivity index (χ4n) is 3.74. The molecule has 0 fully saturated rings. The maximum absolute atomic E-state index is 13.4. The third-order valence-electron chi connectivity index (χ3n) is 5.21. The fourth-order valence-corrected chi connectivity index (χ4v) is 3.74. The smallest absolute Gasteiger partial charge is 0.251 e. The summed E-state index contributed by atoms with van der Waals surface area (Å²) in [6.07, 6.45) is 4.57. The third-order valence-corrected chi connectivity index (χ3v) is 5.21. The number of hydrogen-bond donors (Lipinski definition) is 1. The Morgan fingerprint density at radius 2 is 1.96 bits per heavy atom. The normalized spacial score (nSPS) is 14.9. The molecule has 0 radical (unpaired) electrons. The van der Waals surface area contributed by atoms with E-state index in [1.165, 1.54) is 23.3 Å². The van der Waals surface area contributed by atoms with E-state index in [0.29, 0.717) is 12.1 Å². The molecular formula is C23H22FN3O. The molecule has 1 aromatic heterocycles. The minimum Gasteiger partial charge on any atom is -0.350 e. The second-order valence-electron chi connectivity index (χ2n) is 7.01. The predicted octanol–water partition coefficient (Wildman–Crippen LogP) is 3.75. The fraction of sp³-hybridized carbons (Fsp3) is 0.217. The van der Waals surface area contributed by atoms with E-state index in [2.05, 4.69) is 39.5 Å². The Morgan fingerprint density at radius 3 is 2.75 bits per heavy atom. The van der Waals surface area contributed by atoms with Gasteiger partial charge in [0.15, 0.2) is 0 Å². The number of pyridine rings is 1. The summed E-state index contributed by atoms with van der Waals surface area (Å²) < 4.78 is 13.4. The van der Waals surface area contributed by atoms with Crippen LogP contribution in [0.1, 0.15) is 33.1 Å². The van der Waals surface area contributed by atoms with Gasteiger partial charge in [0.25, 0.3) is 5.91 Å². The summed E-state index contributed by atoms with van der Waals surface area (Å²) in [6, 6.07) is 18.2. The first-order chi connectivity index (χ1) is 13.7. The van der Waals surface area contributed by atoms with Crippen molar-refractivity contribution >= 4 is 5.91 Å². The zero-order chi connectivity index (χ0) is 19.3. The Hall–Kier alpha value is -3.05. The number of nitrogens with one attached hydrogen (secondary N) is 1. The maximum atomic E-state index is 13.4. The molecule has 5 heteroatoms. The van der Waals surface area contributed by atoms with Crippen LogP contribution in [0.2, 0.25) is 0 Å². The number of benzene rings is 2. The number of fused-ring (bicyclic) bond motifs is 1. The van der Waals surface area contributed by atoms with Crippen LogP contribution in [0.4, 0.5) is 4.39 Å². The van der Waals surface area contributed by atoms with Crippen molar-refractivity contribution in [1.82, 2.24) is 15.2 Å². The van der Waals surface area contributed by atoms with Crippen molar-refractivity contribution in [2.75, 3.05) is 13.1 Å². The van der Waals surface area contributed by atoms with E-state index in [0.717, 1.165) is 25.1 Å². The molecule has 142 valence electrons. The van der Waals surface area contributed by atoms with E-state index in [9.17, 15) is 9.18 Å². The Labute approximate surface area is 164 Å². The third kappa shape index (κ3) is 4.10. The zero-order valence-corrected chi connectivity index (χ0v) is 15.5. The van der Waals surface area contributed by atoms with E-state index in [1.807, 2.05) is 18.3 Å². The molecule has 0 saturated heterocycles. The molecule has 28 heavy (non-hydrogen) atoms. The van der Waals surface area contributed by atoms with Crippen LogP contribution in [0.25, 0.3) is 0 Å². The van der Waals surface area contributed by atoms with Crippen molar-refractivity contribution in [2.24, 2.45) is 0 Å². The Kier molecular flexibility index (Phi) is 5.44. The zero-order valence-electron chi connectivity index (χ0n) is 15.5. The van der Waals surface area contributed by atoms with Crippen molar-refractivity contribution < 1.29 is 9.18 Å². The van der Waals surface area contributed by atoms with Crippen molar-refractivity contribution in [3.8, 4) is 0 Å². The number of halogens is 1. The number of nitrogens with zero attached hydrogens (tertiary/aromatic N) is 2. The molecule has 4 nitrogen and oxygen atoms in total. The van der Waals surface area contributed by atoms with E-state index in [-0.39, 0.29) is 11.9 Å². The van der Waals surface area contributed by atoms with Gasteiger partial charge in [-0.1, -0.05) is 36.4 Å². The van der Waals surface area contributed by atoms with Crippen molar-refractivity contribution in [1.29, 1.82) is 0 Å². The lowest BCUT2D eigenvalue weighted by Crippen LogP contribution is -2.40. The molecule has 1 N–H and O–H groups in total. The van der Waals surface area contributed by atoms with Gasteiger partial charge in [0.2, 0.25) is 0 Å². The van der Waals surface area contributed by atoms with Crippen LogP contribution in [0.15, 0.2) is 73.1 Å². The van der Waals surface area contributed by atoms with Crippen LogP contribution in [-0.4, -0.2) is 28.9 Å². The molecule has 1 amide bonds. The number of carbonyl (C=O) groups excluding carboxylic acids is 1. The average molecular weight is 375 g/mol. The summed E-state index contributed by atoms with van der Waals surface area (Å²) in [6.45, 7) is 2.17. The van der Waals surface area contributed by atoms with Crippen LogP contribution < -0.4 is 5.32 Å². The Balaban J connectivity index is 1.53. The summed E-state index contributed by atoms with van der Waals surface area (Å²) in [5.74, 6) is -0.685. The van der Waals surface area contributed by atoms with Gasteiger partial charge in [0.05, 0.1) is 6.04 Å². The number of amides is 1. The maximum Gasteiger partial charge on any atom is 0.251 e. The van der Waals surface area contributed by atoms with Crippen LogP contribution in [0.3, 0.4) is 0 Å². The Bertz CT molecular complexity index is 961. The summed E-state index contributed by atoms with van der Waals surface area (Å²) in [7, 11) is 0. The monoisotopic (exact) mass is 375 g/mol. The molecule has 2 heterocycles. The molecule has 3 aromatic rings. The first-order valence-electron chi connectivity index (χ1n) is 9.45. The molecule has 4 rings (SSSR count). The summed E-state index contributed by atoms with van der Waals surface area (Å²) in [4.78, 5) is 19.1. The van der Waals surface area contributed by atoms with Gasteiger partial charge in [-0.15, -0.1) is 0 Å². The minimum atomic E-state index is -0.413. The van der Waals surface area contributed by atoms with Crippen molar-refractivity contribution in [3.05, 3.63) is 101 Å². The van der Waals surface area contributed by atoms with Crippen LogP contribution in [0.5, 0.6) is 0 Å². The lowest BCUT2D eigenvalue weighted by Gasteiger charge is -2.36. The number of aromatic nitrogens is 1. The molecule has 1 unspecified atom stereocenters. The molecule has 1 aliphatic rings. The van der Waals surface area contributed by atoms with Gasteiger partial charge in [-0.05, 0) is 47.4 Å². The summed E-state index contributed by atoms with van der Waals surface area (Å²) >= 11 is 0. The predicted molar refractivity (Wildman–Crippen MR) is 106 cm³/mol. The van der Waals surface area contributed by atoms with Gasteiger partial charge in [-0.2, -0.15) is 0 Å². The van der Waals surface area contributed by atoms with E-state index < -0.39 is 5.82 Å². The highest BCUT2D eigenvalue weighted by Gasteiger charge is 2.25. The quantitative estimate of drug-likeness (QED) is 0.739. The molecule has 2 aromatic carbocycles. The number of hydrogen-bond acceptors (Lipinski definition) is 3. The van der Waals surface area contributed by atoms with Gasteiger partial charge in [0, 0.05) is 37.6 Å². The highest BCUT2D eigenvalue weighted by atomic mass is 19.1. The SMILES string of the molecule is O=C(NCC(c1cccnc1)N1CCc2ccccc2C1)c1cccc(F)c1. The number of rotatable bonds is 5. The summed E-state index contributed by atoms with van der Waals surface area (Å²) in [5.41, 5.74) is 4.09. The molecular weight excluding hydrogens is 353 g/mol. The van der Waals surface area contributed by atoms with Gasteiger partial charge >= 0.3 is 0 Å². The van der Waals surface area contributed by atoms with Crippen LogP contribution >= 0.6 is 0 Å². The van der Waals surface area contributed by atoms with Crippen molar-refractivity contribution in [2.45, 2.75) is 19.0 Å². The van der Waals surface area contributed by atoms with Gasteiger partial charge < -0.3 is 5.32 Å². The molecule has 1 aliphatic heterocycles. The molecule has 0 spiro atoms. The average Bonchev–Trinajstić information content (AvgIpc) is 2.74. The largest absolute Gasteiger partial charge is 0.350 e. The minimum absolute atomic E-state index is 0.000402. The van der Waals surface area contributed by atoms with E-state index in [1.54, 1.807) is 18.3 Å². The topological polar surface area (TPSA) is 45.2 Å². The van der Waals surface area contributed by atoms with Gasteiger partial charge in [-0.3, -0.25) is 14.7 Å². The van der Waals surface area contributed by atoms with E-state index >= 15 is 0 Å². The first kappa shape index (κ1) is 18.3. The van der Waals surface area contributed by atoms with Crippen molar-refractivity contribution in [3.63, 3.8) is 0 Å². The second-order valence-corrected chi connectivity index (χ2v) is 7.01. The standard InChI is InChI=1S/C23H22FN3O/c24-21-9-3-7-18(13-21)23(28)26-15-22(19-8-4-11-25-14-19)27-12-10-17-5-1-2-6-20(17)16-27/h1-9,11,13-14,22H,10,12,15-16H2,(H,26,28). The molecule has 1 atom stereocenters. The van der Waals surface area contributed by atoms with Gasteiger partial charge in [-0.25, -0.2) is 4.39 Å². The second kappa shape index (κ2) is 8.31. The highest BCUT2D eigenvalue weighted by Crippen LogP contribution is 2.27. The van der Waals surface area contributed by atoms with E-state index in [4.69, 9.17) is 0 Å². The molecule has 0 saturated carbocycles. The summed E-state index contributed by atoms with van der Waals surface area (Å²) in [5, 5.41) is 2.97. The first-order valence-corrected chi connectivity index (χ1v) is 9.45. The Morgan fingerprint density at radius 1 is 1.11 bits per heavy atom. The lowest BCUT2D eigenvalue weighted by atomic mass is 9.97. The van der Waals surface area contributed by atoms with Crippen LogP contribution in [-0.2, 0) is 13.0 Å². The highest BCUT2D eigenvalue weighted by molar-refractivity contribution is 5.94. The van der Waals surface area contributed by atoms with Crippen LogP contribution in [0, 0.1) is 5.82 Å². The molecule has 0 aliphatic carbocycles. The van der Waals surface area contributed by atoms with Gasteiger partial charge in [0.1, 0.15) is 5.82 Å². The number of carbonyl (C=O) groups is 1. The molecule has 0 bridgehead atoms. The lowest BCUT2D eigenvalue weighted by molar-refractivity contribution is 0.0927.